The highest BCUT2D eigenvalue weighted by molar-refractivity contribution is 6.30. The van der Waals surface area contributed by atoms with Gasteiger partial charge >= 0.3 is 0 Å². The molecular weight excluding hydrogens is 428 g/mol. The van der Waals surface area contributed by atoms with Crippen molar-refractivity contribution < 1.29 is 0 Å². The number of hydrogen-bond donors (Lipinski definition) is 1. The molecule has 3 aliphatic rings. The number of fused-ring (bicyclic) bond motifs is 3. The molecule has 3 aromatic rings. The van der Waals surface area contributed by atoms with E-state index in [0.717, 1.165) is 23.6 Å². The van der Waals surface area contributed by atoms with Gasteiger partial charge in [0.1, 0.15) is 5.82 Å². The first-order chi connectivity index (χ1) is 16.1. The largest absolute Gasteiger partial charge is 0.325 e. The van der Waals surface area contributed by atoms with Gasteiger partial charge in [0.15, 0.2) is 0 Å². The normalized spacial score (nSPS) is 27.3. The third-order valence-electron chi connectivity index (χ3n) is 8.84. The second-order valence-corrected chi connectivity index (χ2v) is 11.0. The number of hydrogen-bond acceptors (Lipinski definition) is 3. The molecule has 0 spiro atoms. The third kappa shape index (κ3) is 3.90. The number of para-hydroxylation sites is 2. The predicted octanol–water partition coefficient (Wildman–Crippen LogP) is 5.88. The van der Waals surface area contributed by atoms with E-state index in [1.807, 2.05) is 6.07 Å². The predicted molar refractivity (Wildman–Crippen MR) is 136 cm³/mol. The van der Waals surface area contributed by atoms with Gasteiger partial charge in [0.25, 0.3) is 0 Å². The molecule has 0 aliphatic carbocycles. The summed E-state index contributed by atoms with van der Waals surface area (Å²) in [4.78, 5) is 7.73. The Morgan fingerprint density at radius 2 is 1.76 bits per heavy atom. The number of rotatable bonds is 5. The molecule has 2 bridgehead atoms. The van der Waals surface area contributed by atoms with Crippen molar-refractivity contribution >= 4 is 22.6 Å². The van der Waals surface area contributed by atoms with Crippen LogP contribution in [-0.4, -0.2) is 46.2 Å². The molecule has 33 heavy (non-hydrogen) atoms. The maximum absolute atomic E-state index is 6.42. The Bertz CT molecular complexity index is 1120. The summed E-state index contributed by atoms with van der Waals surface area (Å²) in [6.07, 6.45) is 8.85. The lowest BCUT2D eigenvalue weighted by Crippen LogP contribution is -2.47. The van der Waals surface area contributed by atoms with Crippen LogP contribution in [0.4, 0.5) is 0 Å². The van der Waals surface area contributed by atoms with Crippen LogP contribution in [0.1, 0.15) is 62.4 Å². The zero-order valence-electron chi connectivity index (χ0n) is 19.6. The number of halogens is 1. The molecule has 4 heterocycles. The van der Waals surface area contributed by atoms with E-state index in [9.17, 15) is 0 Å². The summed E-state index contributed by atoms with van der Waals surface area (Å²) in [5, 5.41) is 4.45. The van der Waals surface area contributed by atoms with Crippen LogP contribution in [0, 0.1) is 6.92 Å². The second-order valence-electron chi connectivity index (χ2n) is 10.6. The van der Waals surface area contributed by atoms with Crippen molar-refractivity contribution in [3.63, 3.8) is 0 Å². The molecule has 5 heteroatoms. The van der Waals surface area contributed by atoms with Crippen LogP contribution in [0.5, 0.6) is 0 Å². The van der Waals surface area contributed by atoms with Crippen molar-refractivity contribution in [3.8, 4) is 0 Å². The summed E-state index contributed by atoms with van der Waals surface area (Å²) in [6.45, 7) is 5.60. The molecule has 3 fully saturated rings. The van der Waals surface area contributed by atoms with Gasteiger partial charge in [-0.1, -0.05) is 35.9 Å². The van der Waals surface area contributed by atoms with Gasteiger partial charge in [-0.05, 0) is 107 Å². The molecule has 174 valence electrons. The molecule has 0 radical (unpaired) electrons. The summed E-state index contributed by atoms with van der Waals surface area (Å²) < 4.78 is 2.54. The van der Waals surface area contributed by atoms with E-state index in [2.05, 4.69) is 64.2 Å². The maximum Gasteiger partial charge on any atom is 0.106 e. The number of benzene rings is 2. The fourth-order valence-corrected chi connectivity index (χ4v) is 7.39. The van der Waals surface area contributed by atoms with E-state index in [1.54, 1.807) is 0 Å². The highest BCUT2D eigenvalue weighted by atomic mass is 35.5. The van der Waals surface area contributed by atoms with Gasteiger partial charge in [-0.15, -0.1) is 0 Å². The Balaban J connectivity index is 1.21. The average Bonchev–Trinajstić information content (AvgIpc) is 3.29. The van der Waals surface area contributed by atoms with Crippen molar-refractivity contribution in [1.82, 2.24) is 19.8 Å². The molecule has 3 atom stereocenters. The van der Waals surface area contributed by atoms with Crippen LogP contribution in [-0.2, 0) is 5.41 Å². The summed E-state index contributed by atoms with van der Waals surface area (Å²) in [6, 6.07) is 19.3. The first-order valence-electron chi connectivity index (χ1n) is 12.8. The molecule has 0 saturated carbocycles. The number of nitrogens with zero attached hydrogens (tertiary/aromatic N) is 3. The van der Waals surface area contributed by atoms with E-state index < -0.39 is 0 Å². The second kappa shape index (κ2) is 8.72. The van der Waals surface area contributed by atoms with Gasteiger partial charge in [-0.25, -0.2) is 4.98 Å². The molecule has 4 nitrogen and oxygen atoms in total. The van der Waals surface area contributed by atoms with Crippen molar-refractivity contribution in [3.05, 3.63) is 64.9 Å². The quantitative estimate of drug-likeness (QED) is 0.514. The molecule has 3 aliphatic heterocycles. The van der Waals surface area contributed by atoms with Crippen molar-refractivity contribution in [1.29, 1.82) is 0 Å². The summed E-state index contributed by atoms with van der Waals surface area (Å²) in [5.74, 6) is 1.17. The minimum atomic E-state index is 0.254. The first kappa shape index (κ1) is 21.6. The van der Waals surface area contributed by atoms with Gasteiger partial charge in [0.05, 0.1) is 11.0 Å². The van der Waals surface area contributed by atoms with E-state index >= 15 is 0 Å². The van der Waals surface area contributed by atoms with Crippen molar-refractivity contribution in [2.45, 2.75) is 75.4 Å². The summed E-state index contributed by atoms with van der Waals surface area (Å²) in [7, 11) is 0. The maximum atomic E-state index is 6.42. The van der Waals surface area contributed by atoms with Gasteiger partial charge in [0, 0.05) is 23.1 Å². The summed E-state index contributed by atoms with van der Waals surface area (Å²) in [5.41, 5.74) is 4.14. The van der Waals surface area contributed by atoms with E-state index in [-0.39, 0.29) is 5.41 Å². The fraction of sp³-hybridized carbons (Fsp3) is 0.536. The van der Waals surface area contributed by atoms with E-state index in [4.69, 9.17) is 16.6 Å². The van der Waals surface area contributed by atoms with Crippen LogP contribution in [0.2, 0.25) is 5.02 Å². The van der Waals surface area contributed by atoms with Crippen LogP contribution in [0.3, 0.4) is 0 Å². The smallest absolute Gasteiger partial charge is 0.106 e. The van der Waals surface area contributed by atoms with Crippen LogP contribution in [0.15, 0.2) is 48.5 Å². The number of aromatic nitrogens is 2. The number of aryl methyl sites for hydroxylation is 1. The molecule has 6 rings (SSSR count). The molecule has 1 unspecified atom stereocenters. The van der Waals surface area contributed by atoms with Gasteiger partial charge in [-0.3, -0.25) is 4.90 Å². The first-order valence-corrected chi connectivity index (χ1v) is 13.2. The molecule has 0 amide bonds. The molecular formula is C28H35ClN4. The Labute approximate surface area is 202 Å². The Morgan fingerprint density at radius 1 is 1.00 bits per heavy atom. The van der Waals surface area contributed by atoms with Crippen LogP contribution in [0.25, 0.3) is 11.0 Å². The lowest BCUT2D eigenvalue weighted by Gasteiger charge is -2.44. The Hall–Kier alpha value is -1.88. The monoisotopic (exact) mass is 462 g/mol. The minimum Gasteiger partial charge on any atom is -0.325 e. The topological polar surface area (TPSA) is 33.1 Å². The van der Waals surface area contributed by atoms with Gasteiger partial charge in [0.2, 0.25) is 0 Å². The van der Waals surface area contributed by atoms with Crippen molar-refractivity contribution in [2.24, 2.45) is 0 Å². The number of piperidine rings is 2. The van der Waals surface area contributed by atoms with Gasteiger partial charge < -0.3 is 9.88 Å². The fourth-order valence-electron chi connectivity index (χ4n) is 7.20. The van der Waals surface area contributed by atoms with Crippen LogP contribution < -0.4 is 5.32 Å². The lowest BCUT2D eigenvalue weighted by molar-refractivity contribution is 0.0929. The Morgan fingerprint density at radius 3 is 2.52 bits per heavy atom. The zero-order chi connectivity index (χ0) is 22.4. The van der Waals surface area contributed by atoms with E-state index in [1.165, 1.54) is 68.4 Å². The third-order valence-corrected chi connectivity index (χ3v) is 9.08. The molecule has 3 saturated heterocycles. The molecule has 1 aromatic heterocycles. The highest BCUT2D eigenvalue weighted by Gasteiger charge is 2.43. The van der Waals surface area contributed by atoms with Gasteiger partial charge in [-0.2, -0.15) is 0 Å². The zero-order valence-corrected chi connectivity index (χ0v) is 20.4. The van der Waals surface area contributed by atoms with Crippen LogP contribution >= 0.6 is 11.6 Å². The molecule has 2 aromatic carbocycles. The Kier molecular flexibility index (Phi) is 5.72. The van der Waals surface area contributed by atoms with E-state index in [0.29, 0.717) is 18.1 Å². The SMILES string of the molecule is Cc1nc2ccccc2n1C1C[C@H]2CC[C@@H](C1)N2CCC1(c2cccc(Cl)c2)CCNCC1. The average molecular weight is 463 g/mol. The number of nitrogens with one attached hydrogen (secondary N) is 1. The minimum absolute atomic E-state index is 0.254. The lowest BCUT2D eigenvalue weighted by atomic mass is 9.70. The standard InChI is InChI=1S/C28H35ClN4/c1-20-31-26-7-2-3-8-27(26)33(20)25-18-23-9-10-24(19-25)32(23)16-13-28(11-14-30-15-12-28)21-5-4-6-22(29)17-21/h2-8,17,23-25,30H,9-16,18-19H2,1H3/t23-,24+,25?. The number of imidazole rings is 1. The molecule has 1 N–H and O–H groups in total. The summed E-state index contributed by atoms with van der Waals surface area (Å²) >= 11 is 6.42. The van der Waals surface area contributed by atoms with Crippen molar-refractivity contribution in [2.75, 3.05) is 19.6 Å². The highest BCUT2D eigenvalue weighted by Crippen LogP contribution is 2.44.